The van der Waals surface area contributed by atoms with Crippen LogP contribution in [0.4, 0.5) is 0 Å². The second-order valence-electron chi connectivity index (χ2n) is 6.60. The highest BCUT2D eigenvalue weighted by Gasteiger charge is 2.23. The van der Waals surface area contributed by atoms with Gasteiger partial charge in [0.25, 0.3) is 0 Å². The first-order chi connectivity index (χ1) is 12.3. The molecule has 1 unspecified atom stereocenters. The molecule has 0 amide bonds. The lowest BCUT2D eigenvalue weighted by Crippen LogP contribution is -2.44. The second kappa shape index (κ2) is 9.14. The monoisotopic (exact) mass is 484 g/mol. The van der Waals surface area contributed by atoms with Gasteiger partial charge in [-0.2, -0.15) is 0 Å². The van der Waals surface area contributed by atoms with Gasteiger partial charge < -0.3 is 15.4 Å². The summed E-state index contributed by atoms with van der Waals surface area (Å²) in [7, 11) is 0. The number of aliphatic imine (C=N–C) groups is 1. The van der Waals surface area contributed by atoms with Crippen molar-refractivity contribution in [1.82, 2.24) is 9.88 Å². The third kappa shape index (κ3) is 4.55. The first-order valence-electron chi connectivity index (χ1n) is 8.94. The number of aromatic nitrogens is 1. The Kier molecular flexibility index (Phi) is 6.88. The van der Waals surface area contributed by atoms with Gasteiger partial charge in [-0.15, -0.1) is 35.3 Å². The predicted octanol–water partition coefficient (Wildman–Crippen LogP) is 3.18. The number of aryl methyl sites for hydroxylation is 1. The van der Waals surface area contributed by atoms with E-state index in [0.717, 1.165) is 44.2 Å². The zero-order chi connectivity index (χ0) is 17.1. The van der Waals surface area contributed by atoms with Crippen molar-refractivity contribution in [2.45, 2.75) is 31.7 Å². The van der Waals surface area contributed by atoms with Crippen LogP contribution in [0.1, 0.15) is 33.5 Å². The molecule has 0 radical (unpaired) electrons. The summed E-state index contributed by atoms with van der Waals surface area (Å²) in [5, 5.41) is 1.08. The number of guanidine groups is 1. The van der Waals surface area contributed by atoms with Crippen molar-refractivity contribution in [2.75, 3.05) is 26.3 Å². The molecule has 1 aromatic carbocycles. The van der Waals surface area contributed by atoms with E-state index in [1.54, 1.807) is 11.3 Å². The van der Waals surface area contributed by atoms with E-state index in [4.69, 9.17) is 15.5 Å². The van der Waals surface area contributed by atoms with E-state index in [9.17, 15) is 0 Å². The van der Waals surface area contributed by atoms with Gasteiger partial charge in [-0.3, -0.25) is 0 Å². The van der Waals surface area contributed by atoms with Gasteiger partial charge in [0, 0.05) is 18.0 Å². The Morgan fingerprint density at radius 2 is 2.04 bits per heavy atom. The highest BCUT2D eigenvalue weighted by atomic mass is 127. The lowest BCUT2D eigenvalue weighted by Gasteiger charge is -2.27. The number of hydrogen-bond acceptors (Lipinski definition) is 4. The van der Waals surface area contributed by atoms with Crippen molar-refractivity contribution >= 4 is 41.3 Å². The van der Waals surface area contributed by atoms with E-state index < -0.39 is 0 Å². The molecule has 1 aromatic heterocycles. The summed E-state index contributed by atoms with van der Waals surface area (Å²) in [5.41, 5.74) is 8.83. The average molecular weight is 484 g/mol. The number of thiazole rings is 1. The van der Waals surface area contributed by atoms with Gasteiger partial charge in [-0.05, 0) is 30.7 Å². The van der Waals surface area contributed by atoms with Crippen molar-refractivity contribution in [2.24, 2.45) is 10.7 Å². The number of benzene rings is 1. The molecule has 26 heavy (non-hydrogen) atoms. The Labute approximate surface area is 175 Å². The minimum absolute atomic E-state index is 0. The summed E-state index contributed by atoms with van der Waals surface area (Å²) in [4.78, 5) is 12.9. The van der Waals surface area contributed by atoms with Crippen LogP contribution in [0.25, 0.3) is 0 Å². The topological polar surface area (TPSA) is 63.7 Å². The first-order valence-corrected chi connectivity index (χ1v) is 9.76. The Bertz CT molecular complexity index is 743. The molecule has 140 valence electrons. The maximum atomic E-state index is 6.11. The number of hydrogen-bond donors (Lipinski definition) is 1. The van der Waals surface area contributed by atoms with Crippen molar-refractivity contribution in [3.8, 4) is 0 Å². The fourth-order valence-corrected chi connectivity index (χ4v) is 4.67. The van der Waals surface area contributed by atoms with Crippen LogP contribution in [0, 0.1) is 0 Å². The van der Waals surface area contributed by atoms with E-state index in [0.29, 0.717) is 18.4 Å². The largest absolute Gasteiger partial charge is 0.378 e. The summed E-state index contributed by atoms with van der Waals surface area (Å²) in [5.74, 6) is 1.22. The number of nitrogens with zero attached hydrogens (tertiary/aromatic N) is 3. The van der Waals surface area contributed by atoms with Gasteiger partial charge in [0.2, 0.25) is 0 Å². The molecule has 0 spiro atoms. The van der Waals surface area contributed by atoms with E-state index in [-0.39, 0.29) is 24.0 Å². The van der Waals surface area contributed by atoms with Crippen molar-refractivity contribution in [3.63, 3.8) is 0 Å². The molecule has 0 bridgehead atoms. The molecule has 2 N–H and O–H groups in total. The normalized spacial score (nSPS) is 20.4. The number of nitrogens with two attached hydrogens (primary N) is 1. The molecule has 1 saturated heterocycles. The van der Waals surface area contributed by atoms with Gasteiger partial charge >= 0.3 is 0 Å². The summed E-state index contributed by atoms with van der Waals surface area (Å²) in [6, 6.07) is 10.8. The molecule has 2 aromatic rings. The second-order valence-corrected chi connectivity index (χ2v) is 7.77. The van der Waals surface area contributed by atoms with Crippen molar-refractivity contribution in [1.29, 1.82) is 0 Å². The molecule has 2 aliphatic rings. The standard InChI is InChI=1S/C19H24N4OS.HI/c20-19(23-8-10-24-11-9-23)21-13-18-22-16-7-6-15(12-17(16)25-18)14-4-2-1-3-5-14;/h1-5,15H,6-13H2,(H2,20,21);1H. The first kappa shape index (κ1) is 19.6. The summed E-state index contributed by atoms with van der Waals surface area (Å²) >= 11 is 1.81. The van der Waals surface area contributed by atoms with Crippen LogP contribution in [0.5, 0.6) is 0 Å². The SMILES string of the molecule is I.NC(=NCc1nc2c(s1)CC(c1ccccc1)CC2)N1CCOCC1. The number of rotatable bonds is 3. The Morgan fingerprint density at radius 3 is 2.81 bits per heavy atom. The van der Waals surface area contributed by atoms with Gasteiger partial charge in [0.05, 0.1) is 25.5 Å². The van der Waals surface area contributed by atoms with Crippen LogP contribution in [0.15, 0.2) is 35.3 Å². The van der Waals surface area contributed by atoms with Crippen LogP contribution < -0.4 is 5.73 Å². The fraction of sp³-hybridized carbons (Fsp3) is 0.474. The zero-order valence-corrected chi connectivity index (χ0v) is 17.9. The smallest absolute Gasteiger partial charge is 0.191 e. The summed E-state index contributed by atoms with van der Waals surface area (Å²) < 4.78 is 5.35. The van der Waals surface area contributed by atoms with Crippen LogP contribution >= 0.6 is 35.3 Å². The van der Waals surface area contributed by atoms with Crippen LogP contribution in [0.2, 0.25) is 0 Å². The minimum Gasteiger partial charge on any atom is -0.378 e. The maximum Gasteiger partial charge on any atom is 0.191 e. The fourth-order valence-electron chi connectivity index (χ4n) is 3.55. The van der Waals surface area contributed by atoms with Gasteiger partial charge in [-0.25, -0.2) is 9.98 Å². The minimum atomic E-state index is 0. The van der Waals surface area contributed by atoms with E-state index in [1.807, 2.05) is 0 Å². The average Bonchev–Trinajstić information content (AvgIpc) is 3.09. The van der Waals surface area contributed by atoms with Crippen molar-refractivity contribution in [3.05, 3.63) is 51.5 Å². The van der Waals surface area contributed by atoms with Gasteiger partial charge in [0.1, 0.15) is 5.01 Å². The highest BCUT2D eigenvalue weighted by Crippen LogP contribution is 2.35. The molecular formula is C19H25IN4OS. The molecule has 1 fully saturated rings. The Balaban J connectivity index is 0.00000196. The lowest BCUT2D eigenvalue weighted by atomic mass is 9.85. The van der Waals surface area contributed by atoms with E-state index in [2.05, 4.69) is 40.2 Å². The zero-order valence-electron chi connectivity index (χ0n) is 14.8. The molecule has 5 nitrogen and oxygen atoms in total. The molecule has 1 aliphatic carbocycles. The van der Waals surface area contributed by atoms with Crippen LogP contribution in [-0.4, -0.2) is 42.1 Å². The molecule has 0 saturated carbocycles. The van der Waals surface area contributed by atoms with Crippen LogP contribution in [0.3, 0.4) is 0 Å². The molecular weight excluding hydrogens is 459 g/mol. The predicted molar refractivity (Wildman–Crippen MR) is 116 cm³/mol. The summed E-state index contributed by atoms with van der Waals surface area (Å²) in [6.07, 6.45) is 3.34. The lowest BCUT2D eigenvalue weighted by molar-refractivity contribution is 0.0674. The van der Waals surface area contributed by atoms with Gasteiger partial charge in [0.15, 0.2) is 5.96 Å². The maximum absolute atomic E-state index is 6.11. The Hall–Kier alpha value is -1.19. The number of fused-ring (bicyclic) bond motifs is 1. The molecule has 1 aliphatic heterocycles. The highest BCUT2D eigenvalue weighted by molar-refractivity contribution is 14.0. The third-order valence-electron chi connectivity index (χ3n) is 4.97. The molecule has 2 heterocycles. The number of ether oxygens (including phenoxy) is 1. The van der Waals surface area contributed by atoms with E-state index >= 15 is 0 Å². The van der Waals surface area contributed by atoms with E-state index in [1.165, 1.54) is 22.6 Å². The molecule has 4 rings (SSSR count). The van der Waals surface area contributed by atoms with Gasteiger partial charge in [-0.1, -0.05) is 30.3 Å². The quantitative estimate of drug-likeness (QED) is 0.413. The van der Waals surface area contributed by atoms with Crippen LogP contribution in [-0.2, 0) is 24.1 Å². The Morgan fingerprint density at radius 1 is 1.27 bits per heavy atom. The number of halogens is 1. The molecule has 7 heteroatoms. The van der Waals surface area contributed by atoms with Crippen molar-refractivity contribution < 1.29 is 4.74 Å². The molecule has 1 atom stereocenters. The summed E-state index contributed by atoms with van der Waals surface area (Å²) in [6.45, 7) is 3.67. The number of morpholine rings is 1. The third-order valence-corrected chi connectivity index (χ3v) is 6.07.